The number of methoxy groups -OCH3 is 1. The van der Waals surface area contributed by atoms with E-state index in [-0.39, 0.29) is 12.3 Å². The molecule has 0 radical (unpaired) electrons. The average molecular weight is 266 g/mol. The molecule has 5 nitrogen and oxygen atoms in total. The Morgan fingerprint density at radius 2 is 2.21 bits per heavy atom. The molecule has 1 saturated heterocycles. The van der Waals surface area contributed by atoms with Crippen molar-refractivity contribution in [3.05, 3.63) is 24.0 Å². The maximum absolute atomic E-state index is 5.53. The molecule has 0 spiro atoms. The Labute approximate surface area is 114 Å². The van der Waals surface area contributed by atoms with E-state index in [4.69, 9.17) is 14.2 Å². The first-order valence-corrected chi connectivity index (χ1v) is 6.79. The third kappa shape index (κ3) is 4.16. The van der Waals surface area contributed by atoms with Gasteiger partial charge in [0.1, 0.15) is 5.75 Å². The van der Waals surface area contributed by atoms with E-state index in [1.807, 2.05) is 12.3 Å². The minimum atomic E-state index is -0.124. The van der Waals surface area contributed by atoms with Crippen molar-refractivity contribution in [1.82, 2.24) is 10.3 Å². The molecule has 0 aromatic carbocycles. The van der Waals surface area contributed by atoms with Crippen LogP contribution in [-0.4, -0.2) is 38.1 Å². The quantitative estimate of drug-likeness (QED) is 0.817. The second-order valence-corrected chi connectivity index (χ2v) is 4.57. The van der Waals surface area contributed by atoms with Crippen LogP contribution in [0.4, 0.5) is 0 Å². The molecule has 1 fully saturated rings. The third-order valence-electron chi connectivity index (χ3n) is 3.13. The molecule has 5 heteroatoms. The minimum Gasteiger partial charge on any atom is -0.495 e. The Morgan fingerprint density at radius 1 is 1.42 bits per heavy atom. The van der Waals surface area contributed by atoms with Crippen LogP contribution in [0.3, 0.4) is 0 Å². The van der Waals surface area contributed by atoms with Gasteiger partial charge in [0, 0.05) is 18.7 Å². The van der Waals surface area contributed by atoms with Gasteiger partial charge in [0.25, 0.3) is 0 Å². The van der Waals surface area contributed by atoms with Gasteiger partial charge in [-0.1, -0.05) is 6.92 Å². The lowest BCUT2D eigenvalue weighted by atomic mass is 10.1. The van der Waals surface area contributed by atoms with Crippen LogP contribution in [0.25, 0.3) is 0 Å². The lowest BCUT2D eigenvalue weighted by Crippen LogP contribution is -2.26. The van der Waals surface area contributed by atoms with E-state index in [1.165, 1.54) is 0 Å². The topological polar surface area (TPSA) is 52.6 Å². The summed E-state index contributed by atoms with van der Waals surface area (Å²) in [6.07, 6.45) is 5.32. The van der Waals surface area contributed by atoms with E-state index in [0.29, 0.717) is 13.2 Å². The van der Waals surface area contributed by atoms with E-state index in [2.05, 4.69) is 17.2 Å². The lowest BCUT2D eigenvalue weighted by molar-refractivity contribution is -0.0530. The van der Waals surface area contributed by atoms with Crippen LogP contribution in [0.2, 0.25) is 0 Å². The highest BCUT2D eigenvalue weighted by Crippen LogP contribution is 2.24. The fourth-order valence-electron chi connectivity index (χ4n) is 2.13. The zero-order chi connectivity index (χ0) is 13.5. The van der Waals surface area contributed by atoms with Crippen molar-refractivity contribution in [3.63, 3.8) is 0 Å². The molecule has 1 N–H and O–H groups in total. The maximum atomic E-state index is 5.53. The SMILES string of the molecule is CCCNC(CC1OCCO1)c1cncc(OC)c1. The van der Waals surface area contributed by atoms with Crippen LogP contribution in [0.1, 0.15) is 31.4 Å². The summed E-state index contributed by atoms with van der Waals surface area (Å²) in [7, 11) is 1.65. The highest BCUT2D eigenvalue weighted by atomic mass is 16.7. The number of pyridine rings is 1. The standard InChI is InChI=1S/C14H22N2O3/c1-3-4-16-13(8-14-18-5-6-19-14)11-7-12(17-2)10-15-9-11/h7,9-10,13-14,16H,3-6,8H2,1-2H3. The first kappa shape index (κ1) is 14.2. The van der Waals surface area contributed by atoms with Gasteiger partial charge in [-0.2, -0.15) is 0 Å². The molecule has 19 heavy (non-hydrogen) atoms. The number of hydrogen-bond acceptors (Lipinski definition) is 5. The van der Waals surface area contributed by atoms with Gasteiger partial charge in [0.15, 0.2) is 6.29 Å². The van der Waals surface area contributed by atoms with Gasteiger partial charge in [0.2, 0.25) is 0 Å². The second kappa shape index (κ2) is 7.43. The first-order chi connectivity index (χ1) is 9.33. The Kier molecular flexibility index (Phi) is 5.57. The van der Waals surface area contributed by atoms with Gasteiger partial charge < -0.3 is 19.5 Å². The first-order valence-electron chi connectivity index (χ1n) is 6.79. The summed E-state index contributed by atoms with van der Waals surface area (Å²) in [5, 5.41) is 3.51. The number of hydrogen-bond donors (Lipinski definition) is 1. The summed E-state index contributed by atoms with van der Waals surface area (Å²) in [5.74, 6) is 0.772. The predicted molar refractivity (Wildman–Crippen MR) is 72.1 cm³/mol. The van der Waals surface area contributed by atoms with Gasteiger partial charge in [0.05, 0.1) is 26.5 Å². The van der Waals surface area contributed by atoms with Crippen LogP contribution in [0.5, 0.6) is 5.75 Å². The molecule has 0 saturated carbocycles. The maximum Gasteiger partial charge on any atom is 0.159 e. The predicted octanol–water partition coefficient (Wildman–Crippen LogP) is 1.89. The summed E-state index contributed by atoms with van der Waals surface area (Å²) in [5.41, 5.74) is 1.10. The highest BCUT2D eigenvalue weighted by molar-refractivity contribution is 5.26. The van der Waals surface area contributed by atoms with Crippen molar-refractivity contribution >= 4 is 0 Å². The zero-order valence-electron chi connectivity index (χ0n) is 11.6. The third-order valence-corrected chi connectivity index (χ3v) is 3.13. The minimum absolute atomic E-state index is 0.124. The number of ether oxygens (including phenoxy) is 3. The smallest absolute Gasteiger partial charge is 0.159 e. The number of aromatic nitrogens is 1. The average Bonchev–Trinajstić information content (AvgIpc) is 2.96. The van der Waals surface area contributed by atoms with Crippen molar-refractivity contribution in [2.24, 2.45) is 0 Å². The molecule has 1 aromatic rings. The van der Waals surface area contributed by atoms with Gasteiger partial charge in [-0.05, 0) is 24.6 Å². The molecule has 1 unspecified atom stereocenters. The van der Waals surface area contributed by atoms with Gasteiger partial charge in [-0.25, -0.2) is 0 Å². The van der Waals surface area contributed by atoms with Crippen LogP contribution >= 0.6 is 0 Å². The molecular formula is C14H22N2O3. The summed E-state index contributed by atoms with van der Waals surface area (Å²) in [4.78, 5) is 4.21. The van der Waals surface area contributed by atoms with Crippen LogP contribution in [0, 0.1) is 0 Å². The normalized spacial score (nSPS) is 17.6. The largest absolute Gasteiger partial charge is 0.495 e. The number of rotatable bonds is 7. The van der Waals surface area contributed by atoms with Crippen molar-refractivity contribution in [2.75, 3.05) is 26.9 Å². The summed E-state index contributed by atoms with van der Waals surface area (Å²) in [6, 6.07) is 2.18. The Bertz CT molecular complexity index is 381. The molecule has 1 aliphatic heterocycles. The molecule has 1 aromatic heterocycles. The fourth-order valence-corrected chi connectivity index (χ4v) is 2.13. The molecule has 1 atom stereocenters. The van der Waals surface area contributed by atoms with E-state index in [9.17, 15) is 0 Å². The Balaban J connectivity index is 2.05. The van der Waals surface area contributed by atoms with E-state index < -0.39 is 0 Å². The van der Waals surface area contributed by atoms with Crippen LogP contribution in [-0.2, 0) is 9.47 Å². The number of nitrogens with one attached hydrogen (secondary N) is 1. The van der Waals surface area contributed by atoms with Gasteiger partial charge >= 0.3 is 0 Å². The summed E-state index contributed by atoms with van der Waals surface area (Å²) >= 11 is 0. The Morgan fingerprint density at radius 3 is 2.89 bits per heavy atom. The zero-order valence-corrected chi connectivity index (χ0v) is 11.6. The summed E-state index contributed by atoms with van der Waals surface area (Å²) in [6.45, 7) is 4.47. The molecule has 0 aliphatic carbocycles. The molecule has 2 rings (SSSR count). The van der Waals surface area contributed by atoms with Gasteiger partial charge in [-0.15, -0.1) is 0 Å². The highest BCUT2D eigenvalue weighted by Gasteiger charge is 2.22. The molecule has 106 valence electrons. The molecular weight excluding hydrogens is 244 g/mol. The monoisotopic (exact) mass is 266 g/mol. The molecule has 1 aliphatic rings. The van der Waals surface area contributed by atoms with Crippen molar-refractivity contribution < 1.29 is 14.2 Å². The van der Waals surface area contributed by atoms with Crippen molar-refractivity contribution in [3.8, 4) is 5.75 Å². The Hall–Kier alpha value is -1.17. The van der Waals surface area contributed by atoms with Gasteiger partial charge in [-0.3, -0.25) is 4.98 Å². The van der Waals surface area contributed by atoms with E-state index in [1.54, 1.807) is 13.3 Å². The lowest BCUT2D eigenvalue weighted by Gasteiger charge is -2.21. The van der Waals surface area contributed by atoms with E-state index >= 15 is 0 Å². The number of nitrogens with zero attached hydrogens (tertiary/aromatic N) is 1. The van der Waals surface area contributed by atoms with Crippen molar-refractivity contribution in [2.45, 2.75) is 32.1 Å². The second-order valence-electron chi connectivity index (χ2n) is 4.57. The van der Waals surface area contributed by atoms with Crippen LogP contribution < -0.4 is 10.1 Å². The van der Waals surface area contributed by atoms with Crippen LogP contribution in [0.15, 0.2) is 18.5 Å². The molecule has 2 heterocycles. The molecule has 0 bridgehead atoms. The van der Waals surface area contributed by atoms with E-state index in [0.717, 1.165) is 30.7 Å². The molecule has 0 amide bonds. The fraction of sp³-hybridized carbons (Fsp3) is 0.643. The summed E-state index contributed by atoms with van der Waals surface area (Å²) < 4.78 is 16.3. The van der Waals surface area contributed by atoms with Crippen molar-refractivity contribution in [1.29, 1.82) is 0 Å².